The summed E-state index contributed by atoms with van der Waals surface area (Å²) >= 11 is 3.23. The van der Waals surface area contributed by atoms with Crippen molar-refractivity contribution in [3.63, 3.8) is 0 Å². The van der Waals surface area contributed by atoms with Crippen LogP contribution in [0.4, 0.5) is 8.78 Å². The van der Waals surface area contributed by atoms with Crippen LogP contribution in [0.3, 0.4) is 0 Å². The second-order valence-electron chi connectivity index (χ2n) is 4.56. The van der Waals surface area contributed by atoms with E-state index in [1.54, 1.807) is 24.3 Å². The molecule has 2 aromatic rings. The molecule has 0 spiro atoms. The van der Waals surface area contributed by atoms with E-state index in [1.165, 1.54) is 19.2 Å². The quantitative estimate of drug-likeness (QED) is 0.636. The number of nitrogens with one attached hydrogen (secondary N) is 1. The van der Waals surface area contributed by atoms with Crippen molar-refractivity contribution in [3.05, 3.63) is 63.6 Å². The number of hydrogen-bond donors (Lipinski definition) is 2. The van der Waals surface area contributed by atoms with Crippen molar-refractivity contribution >= 4 is 15.9 Å². The van der Waals surface area contributed by atoms with Crippen LogP contribution in [-0.4, -0.2) is 7.11 Å². The monoisotopic (exact) mass is 356 g/mol. The Bertz CT molecular complexity index is 617. The molecule has 0 aliphatic heterocycles. The molecule has 0 aliphatic carbocycles. The van der Waals surface area contributed by atoms with Crippen molar-refractivity contribution in [3.8, 4) is 5.75 Å². The maximum Gasteiger partial charge on any atom is 0.168 e. The summed E-state index contributed by atoms with van der Waals surface area (Å²) in [5.41, 5.74) is 3.66. The Hall–Kier alpha value is -1.50. The summed E-state index contributed by atoms with van der Waals surface area (Å²) in [5.74, 6) is 4.88. The van der Waals surface area contributed by atoms with E-state index in [2.05, 4.69) is 21.4 Å². The van der Waals surface area contributed by atoms with E-state index in [0.717, 1.165) is 0 Å². The lowest BCUT2D eigenvalue weighted by molar-refractivity contribution is 0.382. The van der Waals surface area contributed by atoms with Crippen LogP contribution in [0.5, 0.6) is 5.75 Å². The van der Waals surface area contributed by atoms with Gasteiger partial charge >= 0.3 is 0 Å². The molecule has 0 radical (unpaired) electrons. The summed E-state index contributed by atoms with van der Waals surface area (Å²) in [5, 5.41) is 0. The van der Waals surface area contributed by atoms with E-state index in [4.69, 9.17) is 10.6 Å². The molecule has 2 aromatic carbocycles. The number of halogens is 3. The maximum absolute atomic E-state index is 14.2. The normalized spacial score (nSPS) is 12.2. The highest BCUT2D eigenvalue weighted by atomic mass is 79.9. The number of hydrogen-bond acceptors (Lipinski definition) is 3. The van der Waals surface area contributed by atoms with Crippen LogP contribution in [0.2, 0.25) is 0 Å². The van der Waals surface area contributed by atoms with Gasteiger partial charge in [-0.1, -0.05) is 28.1 Å². The summed E-state index contributed by atoms with van der Waals surface area (Å²) < 4.78 is 33.2. The summed E-state index contributed by atoms with van der Waals surface area (Å²) in [6.07, 6.45) is 0.273. The molecule has 21 heavy (non-hydrogen) atoms. The Morgan fingerprint density at radius 3 is 2.67 bits per heavy atom. The molecule has 1 atom stereocenters. The highest BCUT2D eigenvalue weighted by Crippen LogP contribution is 2.26. The molecule has 112 valence electrons. The standard InChI is InChI=1S/C15H15BrF2N2O/c1-21-14-4-2-3-9(15(14)18)7-13(20-19)10-5-11(16)8-12(17)6-10/h2-6,8,13,20H,7,19H2,1H3. The van der Waals surface area contributed by atoms with Crippen LogP contribution in [-0.2, 0) is 6.42 Å². The minimum Gasteiger partial charge on any atom is -0.494 e. The van der Waals surface area contributed by atoms with Crippen LogP contribution < -0.4 is 16.0 Å². The van der Waals surface area contributed by atoms with Crippen LogP contribution in [0, 0.1) is 11.6 Å². The van der Waals surface area contributed by atoms with Gasteiger partial charge in [0.2, 0.25) is 0 Å². The molecule has 0 bridgehead atoms. The van der Waals surface area contributed by atoms with Crippen molar-refractivity contribution in [2.45, 2.75) is 12.5 Å². The Balaban J connectivity index is 2.31. The molecule has 0 amide bonds. The molecule has 0 fully saturated rings. The molecule has 6 heteroatoms. The largest absolute Gasteiger partial charge is 0.494 e. The Labute approximate surface area is 130 Å². The minimum atomic E-state index is -0.435. The predicted molar refractivity (Wildman–Crippen MR) is 80.8 cm³/mol. The van der Waals surface area contributed by atoms with Crippen molar-refractivity contribution < 1.29 is 13.5 Å². The van der Waals surface area contributed by atoms with Gasteiger partial charge in [-0.25, -0.2) is 8.78 Å². The summed E-state index contributed by atoms with van der Waals surface area (Å²) in [6.45, 7) is 0. The van der Waals surface area contributed by atoms with E-state index in [-0.39, 0.29) is 18.0 Å². The Kier molecular flexibility index (Phi) is 5.27. The summed E-state index contributed by atoms with van der Waals surface area (Å²) in [4.78, 5) is 0. The van der Waals surface area contributed by atoms with Gasteiger partial charge in [0.15, 0.2) is 11.6 Å². The molecule has 2 rings (SSSR count). The predicted octanol–water partition coefficient (Wildman–Crippen LogP) is 3.48. The molecular formula is C15H15BrF2N2O. The Morgan fingerprint density at radius 1 is 1.29 bits per heavy atom. The fourth-order valence-electron chi connectivity index (χ4n) is 2.14. The van der Waals surface area contributed by atoms with Crippen LogP contribution in [0.25, 0.3) is 0 Å². The van der Waals surface area contributed by atoms with Gasteiger partial charge in [-0.05, 0) is 41.8 Å². The minimum absolute atomic E-state index is 0.170. The van der Waals surface area contributed by atoms with E-state index < -0.39 is 11.9 Å². The average molecular weight is 357 g/mol. The molecule has 3 nitrogen and oxygen atoms in total. The molecule has 0 aliphatic rings. The lowest BCUT2D eigenvalue weighted by Gasteiger charge is -2.18. The van der Waals surface area contributed by atoms with Gasteiger partial charge in [-0.3, -0.25) is 11.3 Å². The van der Waals surface area contributed by atoms with Crippen molar-refractivity contribution in [2.75, 3.05) is 7.11 Å². The first-order valence-corrected chi connectivity index (χ1v) is 7.08. The summed E-state index contributed by atoms with van der Waals surface area (Å²) in [6, 6.07) is 8.94. The van der Waals surface area contributed by atoms with E-state index in [0.29, 0.717) is 15.6 Å². The highest BCUT2D eigenvalue weighted by Gasteiger charge is 2.16. The van der Waals surface area contributed by atoms with Gasteiger partial charge in [-0.2, -0.15) is 0 Å². The number of hydrazine groups is 1. The lowest BCUT2D eigenvalue weighted by Crippen LogP contribution is -2.30. The van der Waals surface area contributed by atoms with Crippen LogP contribution in [0.1, 0.15) is 17.2 Å². The molecule has 3 N–H and O–H groups in total. The van der Waals surface area contributed by atoms with Crippen LogP contribution >= 0.6 is 15.9 Å². The second kappa shape index (κ2) is 6.98. The van der Waals surface area contributed by atoms with Gasteiger partial charge in [0, 0.05) is 4.47 Å². The average Bonchev–Trinajstić information content (AvgIpc) is 2.45. The van der Waals surface area contributed by atoms with E-state index in [1.807, 2.05) is 0 Å². The molecule has 0 heterocycles. The van der Waals surface area contributed by atoms with Crippen molar-refractivity contribution in [1.29, 1.82) is 0 Å². The fraction of sp³-hybridized carbons (Fsp3) is 0.200. The number of benzene rings is 2. The number of rotatable bonds is 5. The zero-order valence-electron chi connectivity index (χ0n) is 11.4. The van der Waals surface area contributed by atoms with Gasteiger partial charge in [-0.15, -0.1) is 0 Å². The smallest absolute Gasteiger partial charge is 0.168 e. The first kappa shape index (κ1) is 15.9. The van der Waals surface area contributed by atoms with Gasteiger partial charge in [0.25, 0.3) is 0 Å². The SMILES string of the molecule is COc1cccc(CC(NN)c2cc(F)cc(Br)c2)c1F. The number of ether oxygens (including phenoxy) is 1. The third-order valence-electron chi connectivity index (χ3n) is 3.18. The zero-order valence-corrected chi connectivity index (χ0v) is 13.0. The lowest BCUT2D eigenvalue weighted by atomic mass is 9.98. The third kappa shape index (κ3) is 3.78. The molecular weight excluding hydrogens is 342 g/mol. The van der Waals surface area contributed by atoms with E-state index in [9.17, 15) is 8.78 Å². The summed E-state index contributed by atoms with van der Waals surface area (Å²) in [7, 11) is 1.41. The third-order valence-corrected chi connectivity index (χ3v) is 3.63. The van der Waals surface area contributed by atoms with E-state index >= 15 is 0 Å². The molecule has 0 aromatic heterocycles. The first-order valence-electron chi connectivity index (χ1n) is 6.28. The molecule has 0 saturated heterocycles. The van der Waals surface area contributed by atoms with Gasteiger partial charge in [0.05, 0.1) is 13.2 Å². The number of nitrogens with two attached hydrogens (primary N) is 1. The highest BCUT2D eigenvalue weighted by molar-refractivity contribution is 9.10. The maximum atomic E-state index is 14.2. The second-order valence-corrected chi connectivity index (χ2v) is 5.48. The van der Waals surface area contributed by atoms with Crippen molar-refractivity contribution in [1.82, 2.24) is 5.43 Å². The molecule has 0 saturated carbocycles. The fourth-order valence-corrected chi connectivity index (χ4v) is 2.62. The van der Waals surface area contributed by atoms with Crippen molar-refractivity contribution in [2.24, 2.45) is 5.84 Å². The van der Waals surface area contributed by atoms with Gasteiger partial charge in [0.1, 0.15) is 5.82 Å². The topological polar surface area (TPSA) is 47.3 Å². The van der Waals surface area contributed by atoms with Gasteiger partial charge < -0.3 is 4.74 Å². The Morgan fingerprint density at radius 2 is 2.05 bits per heavy atom. The molecule has 1 unspecified atom stereocenters. The zero-order chi connectivity index (χ0) is 15.4. The number of methoxy groups -OCH3 is 1. The van der Waals surface area contributed by atoms with Crippen LogP contribution in [0.15, 0.2) is 40.9 Å². The first-order chi connectivity index (χ1) is 10.0.